The van der Waals surface area contributed by atoms with Crippen molar-refractivity contribution in [1.82, 2.24) is 10.2 Å². The molecule has 0 aliphatic carbocycles. The first-order valence-corrected chi connectivity index (χ1v) is 7.48. The molecule has 0 aliphatic rings. The molecule has 0 saturated heterocycles. The number of aromatic nitrogens is 2. The van der Waals surface area contributed by atoms with Gasteiger partial charge >= 0.3 is 5.97 Å². The number of nitrogens with one attached hydrogen (secondary N) is 1. The highest BCUT2D eigenvalue weighted by molar-refractivity contribution is 5.95. The van der Waals surface area contributed by atoms with Crippen molar-refractivity contribution in [3.8, 4) is 11.5 Å². The van der Waals surface area contributed by atoms with Gasteiger partial charge in [0.15, 0.2) is 0 Å². The molecule has 3 rings (SSSR count). The minimum absolute atomic E-state index is 0.312. The van der Waals surface area contributed by atoms with Gasteiger partial charge in [0.25, 0.3) is 0 Å². The zero-order chi connectivity index (χ0) is 16.9. The molecule has 0 bridgehead atoms. The van der Waals surface area contributed by atoms with Crippen LogP contribution < -0.4 is 5.32 Å². The SMILES string of the molecule is COC(=O)c1ccccc1NCc1nnc(-c2ccc(C)cc2)o1. The highest BCUT2D eigenvalue weighted by Gasteiger charge is 2.12. The Morgan fingerprint density at radius 2 is 1.88 bits per heavy atom. The van der Waals surface area contributed by atoms with Gasteiger partial charge < -0.3 is 14.5 Å². The van der Waals surface area contributed by atoms with Crippen LogP contribution in [0.5, 0.6) is 0 Å². The molecule has 1 aromatic heterocycles. The number of benzene rings is 2. The number of hydrogen-bond donors (Lipinski definition) is 1. The first-order valence-electron chi connectivity index (χ1n) is 7.48. The number of para-hydroxylation sites is 1. The van der Waals surface area contributed by atoms with Crippen LogP contribution in [0.15, 0.2) is 52.9 Å². The first-order chi connectivity index (χ1) is 11.7. The number of ether oxygens (including phenoxy) is 1. The summed E-state index contributed by atoms with van der Waals surface area (Å²) in [5, 5.41) is 11.2. The first kappa shape index (κ1) is 15.7. The Labute approximate surface area is 139 Å². The van der Waals surface area contributed by atoms with Crippen LogP contribution in [0.3, 0.4) is 0 Å². The fraction of sp³-hybridized carbons (Fsp3) is 0.167. The third-order valence-electron chi connectivity index (χ3n) is 3.53. The number of nitrogens with zero attached hydrogens (tertiary/aromatic N) is 2. The summed E-state index contributed by atoms with van der Waals surface area (Å²) in [7, 11) is 1.35. The van der Waals surface area contributed by atoms with Crippen LogP contribution in [0.2, 0.25) is 0 Å². The summed E-state index contributed by atoms with van der Waals surface area (Å²) in [4.78, 5) is 11.7. The average Bonchev–Trinajstić information content (AvgIpc) is 3.09. The molecule has 0 spiro atoms. The molecule has 0 aliphatic heterocycles. The quantitative estimate of drug-likeness (QED) is 0.725. The zero-order valence-electron chi connectivity index (χ0n) is 13.4. The van der Waals surface area contributed by atoms with Crippen molar-refractivity contribution < 1.29 is 13.9 Å². The van der Waals surface area contributed by atoms with Crippen LogP contribution in [0.4, 0.5) is 5.69 Å². The predicted octanol–water partition coefficient (Wildman–Crippen LogP) is 3.44. The molecule has 1 heterocycles. The largest absolute Gasteiger partial charge is 0.465 e. The van der Waals surface area contributed by atoms with E-state index in [0.717, 1.165) is 5.56 Å². The van der Waals surface area contributed by atoms with Gasteiger partial charge in [-0.25, -0.2) is 4.79 Å². The van der Waals surface area contributed by atoms with Gasteiger partial charge in [0.2, 0.25) is 11.8 Å². The summed E-state index contributed by atoms with van der Waals surface area (Å²) in [5.41, 5.74) is 3.14. The van der Waals surface area contributed by atoms with E-state index >= 15 is 0 Å². The Hall–Kier alpha value is -3.15. The van der Waals surface area contributed by atoms with Crippen molar-refractivity contribution in [2.75, 3.05) is 12.4 Å². The number of anilines is 1. The number of esters is 1. The number of rotatable bonds is 5. The van der Waals surface area contributed by atoms with Gasteiger partial charge in [0.05, 0.1) is 19.2 Å². The lowest BCUT2D eigenvalue weighted by molar-refractivity contribution is 0.0602. The van der Waals surface area contributed by atoms with Gasteiger partial charge in [-0.2, -0.15) is 0 Å². The van der Waals surface area contributed by atoms with Crippen LogP contribution in [0, 0.1) is 6.92 Å². The molecule has 0 saturated carbocycles. The average molecular weight is 323 g/mol. The smallest absolute Gasteiger partial charge is 0.339 e. The second kappa shape index (κ2) is 6.95. The predicted molar refractivity (Wildman–Crippen MR) is 89.6 cm³/mol. The third-order valence-corrected chi connectivity index (χ3v) is 3.53. The zero-order valence-corrected chi connectivity index (χ0v) is 13.4. The highest BCUT2D eigenvalue weighted by Crippen LogP contribution is 2.20. The van der Waals surface area contributed by atoms with Crippen molar-refractivity contribution in [3.05, 3.63) is 65.5 Å². The minimum atomic E-state index is -0.399. The fourth-order valence-corrected chi connectivity index (χ4v) is 2.23. The molecule has 0 unspecified atom stereocenters. The molecule has 0 radical (unpaired) electrons. The van der Waals surface area contributed by atoms with Crippen molar-refractivity contribution in [3.63, 3.8) is 0 Å². The molecule has 122 valence electrons. The number of carbonyl (C=O) groups excluding carboxylic acids is 1. The lowest BCUT2D eigenvalue weighted by Crippen LogP contribution is -2.08. The second-order valence-electron chi connectivity index (χ2n) is 5.26. The topological polar surface area (TPSA) is 77.2 Å². The molecule has 6 heteroatoms. The molecule has 0 amide bonds. The number of carbonyl (C=O) groups is 1. The summed E-state index contributed by atoms with van der Waals surface area (Å²) < 4.78 is 10.4. The van der Waals surface area contributed by atoms with Gasteiger partial charge in [-0.15, -0.1) is 10.2 Å². The van der Waals surface area contributed by atoms with Crippen LogP contribution in [-0.4, -0.2) is 23.3 Å². The number of methoxy groups -OCH3 is 1. The minimum Gasteiger partial charge on any atom is -0.465 e. The standard InChI is InChI=1S/C18H17N3O3/c1-12-7-9-13(10-8-12)17-21-20-16(24-17)11-19-15-6-4-3-5-14(15)18(22)23-2/h3-10,19H,11H2,1-2H3. The lowest BCUT2D eigenvalue weighted by Gasteiger charge is -2.08. The van der Waals surface area contributed by atoms with Gasteiger partial charge in [0, 0.05) is 11.3 Å². The molecular weight excluding hydrogens is 306 g/mol. The highest BCUT2D eigenvalue weighted by atomic mass is 16.5. The van der Waals surface area contributed by atoms with E-state index in [0.29, 0.717) is 29.6 Å². The number of aryl methyl sites for hydroxylation is 1. The van der Waals surface area contributed by atoms with E-state index in [1.165, 1.54) is 12.7 Å². The van der Waals surface area contributed by atoms with Crippen LogP contribution in [0.25, 0.3) is 11.5 Å². The van der Waals surface area contributed by atoms with Crippen LogP contribution >= 0.6 is 0 Å². The van der Waals surface area contributed by atoms with Gasteiger partial charge in [0.1, 0.15) is 0 Å². The van der Waals surface area contributed by atoms with Crippen molar-refractivity contribution in [2.45, 2.75) is 13.5 Å². The van der Waals surface area contributed by atoms with E-state index in [9.17, 15) is 4.79 Å². The molecule has 2 aromatic carbocycles. The Kier molecular flexibility index (Phi) is 4.56. The van der Waals surface area contributed by atoms with Gasteiger partial charge in [-0.1, -0.05) is 29.8 Å². The van der Waals surface area contributed by atoms with E-state index in [4.69, 9.17) is 9.15 Å². The maximum Gasteiger partial charge on any atom is 0.339 e. The summed E-state index contributed by atoms with van der Waals surface area (Å²) >= 11 is 0. The summed E-state index contributed by atoms with van der Waals surface area (Å²) in [6.45, 7) is 2.33. The monoisotopic (exact) mass is 323 g/mol. The van der Waals surface area contributed by atoms with Crippen molar-refractivity contribution in [1.29, 1.82) is 0 Å². The lowest BCUT2D eigenvalue weighted by atomic mass is 10.1. The molecule has 0 fully saturated rings. The van der Waals surface area contributed by atoms with E-state index in [1.807, 2.05) is 37.3 Å². The van der Waals surface area contributed by atoms with Gasteiger partial charge in [-0.05, 0) is 31.2 Å². The molecular formula is C18H17N3O3. The Balaban J connectivity index is 1.72. The second-order valence-corrected chi connectivity index (χ2v) is 5.26. The Morgan fingerprint density at radius 3 is 2.62 bits per heavy atom. The Bertz CT molecular complexity index is 841. The van der Waals surface area contributed by atoms with Crippen LogP contribution in [-0.2, 0) is 11.3 Å². The Morgan fingerprint density at radius 1 is 1.12 bits per heavy atom. The van der Waals surface area contributed by atoms with E-state index < -0.39 is 5.97 Å². The van der Waals surface area contributed by atoms with Crippen molar-refractivity contribution >= 4 is 11.7 Å². The normalized spacial score (nSPS) is 10.4. The van der Waals surface area contributed by atoms with Gasteiger partial charge in [-0.3, -0.25) is 0 Å². The molecule has 6 nitrogen and oxygen atoms in total. The maximum absolute atomic E-state index is 11.7. The maximum atomic E-state index is 11.7. The van der Waals surface area contributed by atoms with Crippen molar-refractivity contribution in [2.24, 2.45) is 0 Å². The molecule has 0 atom stereocenters. The summed E-state index contributed by atoms with van der Waals surface area (Å²) in [6.07, 6.45) is 0. The van der Waals surface area contributed by atoms with E-state index in [2.05, 4.69) is 15.5 Å². The molecule has 24 heavy (non-hydrogen) atoms. The van der Waals surface area contributed by atoms with Crippen LogP contribution in [0.1, 0.15) is 21.8 Å². The third kappa shape index (κ3) is 3.43. The van der Waals surface area contributed by atoms with E-state index in [1.54, 1.807) is 18.2 Å². The van der Waals surface area contributed by atoms with E-state index in [-0.39, 0.29) is 0 Å². The fourth-order valence-electron chi connectivity index (χ4n) is 2.23. The summed E-state index contributed by atoms with van der Waals surface area (Å²) in [5.74, 6) is 0.502. The molecule has 1 N–H and O–H groups in total. The molecule has 3 aromatic rings. The summed E-state index contributed by atoms with van der Waals surface area (Å²) in [6, 6.07) is 15.0. The number of hydrogen-bond acceptors (Lipinski definition) is 6.